The molecule has 1 atom stereocenters. The fourth-order valence-electron chi connectivity index (χ4n) is 2.08. The number of likely N-dealkylation sites (N-methyl/N-ethyl adjacent to an activating group) is 1. The SMILES string of the molecule is CN1C(=O)CC1(/C(N)=N/O)c1ccccc1. The van der Waals surface area contributed by atoms with Crippen LogP contribution in [0.2, 0.25) is 0 Å². The van der Waals surface area contributed by atoms with Crippen LogP contribution in [0.5, 0.6) is 0 Å². The van der Waals surface area contributed by atoms with Crippen molar-refractivity contribution < 1.29 is 10.0 Å². The van der Waals surface area contributed by atoms with Gasteiger partial charge in [0, 0.05) is 7.05 Å². The van der Waals surface area contributed by atoms with Crippen LogP contribution in [-0.4, -0.2) is 28.9 Å². The van der Waals surface area contributed by atoms with E-state index in [2.05, 4.69) is 5.16 Å². The van der Waals surface area contributed by atoms with E-state index < -0.39 is 5.54 Å². The molecule has 0 aliphatic carbocycles. The highest BCUT2D eigenvalue weighted by atomic mass is 16.4. The molecule has 0 bridgehead atoms. The summed E-state index contributed by atoms with van der Waals surface area (Å²) in [5.41, 5.74) is 5.77. The standard InChI is InChI=1S/C11H13N3O2/c1-14-9(15)7-11(14,10(12)13-16)8-5-3-2-4-6-8/h2-6,16H,7H2,1H3,(H2,12,13). The smallest absolute Gasteiger partial charge is 0.226 e. The van der Waals surface area contributed by atoms with Gasteiger partial charge in [-0.05, 0) is 5.56 Å². The number of hydrogen-bond acceptors (Lipinski definition) is 3. The molecular weight excluding hydrogens is 206 g/mol. The van der Waals surface area contributed by atoms with Gasteiger partial charge in [0.15, 0.2) is 5.84 Å². The average Bonchev–Trinajstić information content (AvgIpc) is 2.35. The van der Waals surface area contributed by atoms with Gasteiger partial charge in [0.2, 0.25) is 5.91 Å². The summed E-state index contributed by atoms with van der Waals surface area (Å²) in [7, 11) is 1.65. The van der Waals surface area contributed by atoms with Gasteiger partial charge in [-0.25, -0.2) is 0 Å². The zero-order valence-corrected chi connectivity index (χ0v) is 8.92. The lowest BCUT2D eigenvalue weighted by atomic mass is 9.77. The van der Waals surface area contributed by atoms with Crippen molar-refractivity contribution in [1.82, 2.24) is 4.90 Å². The summed E-state index contributed by atoms with van der Waals surface area (Å²) in [5.74, 6) is 0.0243. The summed E-state index contributed by atoms with van der Waals surface area (Å²) in [6, 6.07) is 9.32. The highest BCUT2D eigenvalue weighted by Crippen LogP contribution is 2.40. The minimum absolute atomic E-state index is 0.0181. The Hall–Kier alpha value is -2.04. The third-order valence-corrected chi connectivity index (χ3v) is 3.14. The summed E-state index contributed by atoms with van der Waals surface area (Å²) < 4.78 is 0. The fourth-order valence-corrected chi connectivity index (χ4v) is 2.08. The first-order valence-electron chi connectivity index (χ1n) is 4.93. The second-order valence-electron chi connectivity index (χ2n) is 3.84. The number of β-lactam (4-membered cyclic amide) rings is 1. The summed E-state index contributed by atoms with van der Waals surface area (Å²) in [6.07, 6.45) is 0.239. The quantitative estimate of drug-likeness (QED) is 0.250. The van der Waals surface area contributed by atoms with E-state index in [4.69, 9.17) is 10.9 Å². The van der Waals surface area contributed by atoms with Crippen molar-refractivity contribution in [2.75, 3.05) is 7.05 Å². The van der Waals surface area contributed by atoms with Gasteiger partial charge in [-0.15, -0.1) is 0 Å². The Labute approximate surface area is 93.2 Å². The van der Waals surface area contributed by atoms with Gasteiger partial charge in [0.25, 0.3) is 0 Å². The van der Waals surface area contributed by atoms with E-state index in [-0.39, 0.29) is 18.2 Å². The predicted octanol–water partition coefficient (Wildman–Crippen LogP) is 0.490. The molecule has 5 heteroatoms. The van der Waals surface area contributed by atoms with E-state index in [1.54, 1.807) is 7.05 Å². The number of nitrogens with two attached hydrogens (primary N) is 1. The largest absolute Gasteiger partial charge is 0.409 e. The molecule has 1 aliphatic rings. The lowest BCUT2D eigenvalue weighted by molar-refractivity contribution is -0.148. The molecule has 16 heavy (non-hydrogen) atoms. The Morgan fingerprint density at radius 2 is 2.12 bits per heavy atom. The van der Waals surface area contributed by atoms with E-state index in [0.29, 0.717) is 0 Å². The maximum Gasteiger partial charge on any atom is 0.226 e. The van der Waals surface area contributed by atoms with Crippen LogP contribution >= 0.6 is 0 Å². The third kappa shape index (κ3) is 1.18. The molecule has 1 amide bonds. The molecule has 5 nitrogen and oxygen atoms in total. The van der Waals surface area contributed by atoms with E-state index in [0.717, 1.165) is 5.56 Å². The van der Waals surface area contributed by atoms with E-state index in [1.807, 2.05) is 30.3 Å². The van der Waals surface area contributed by atoms with E-state index >= 15 is 0 Å². The monoisotopic (exact) mass is 219 g/mol. The number of likely N-dealkylation sites (tertiary alicyclic amines) is 1. The van der Waals surface area contributed by atoms with Gasteiger partial charge in [-0.2, -0.15) is 0 Å². The maximum absolute atomic E-state index is 11.4. The maximum atomic E-state index is 11.4. The van der Waals surface area contributed by atoms with Gasteiger partial charge in [0.05, 0.1) is 6.42 Å². The van der Waals surface area contributed by atoms with Crippen LogP contribution in [0.3, 0.4) is 0 Å². The number of carbonyl (C=O) groups excluding carboxylic acids is 1. The van der Waals surface area contributed by atoms with E-state index in [9.17, 15) is 4.79 Å². The minimum Gasteiger partial charge on any atom is -0.409 e. The highest BCUT2D eigenvalue weighted by Gasteiger charge is 2.53. The summed E-state index contributed by atoms with van der Waals surface area (Å²) in [5, 5.41) is 11.9. The van der Waals surface area contributed by atoms with Crippen LogP contribution in [0.15, 0.2) is 35.5 Å². The summed E-state index contributed by atoms with van der Waals surface area (Å²) in [4.78, 5) is 12.9. The molecule has 1 aromatic carbocycles. The Bertz CT molecular complexity index is 444. The van der Waals surface area contributed by atoms with Crippen LogP contribution in [0, 0.1) is 0 Å². The Morgan fingerprint density at radius 1 is 1.50 bits per heavy atom. The number of rotatable bonds is 2. The molecule has 1 aromatic rings. The highest BCUT2D eigenvalue weighted by molar-refractivity contribution is 6.03. The summed E-state index contributed by atoms with van der Waals surface area (Å²) in [6.45, 7) is 0. The molecule has 1 unspecified atom stereocenters. The molecule has 2 rings (SSSR count). The van der Waals surface area contributed by atoms with Crippen molar-refractivity contribution in [2.45, 2.75) is 12.0 Å². The molecule has 1 heterocycles. The Kier molecular flexibility index (Phi) is 2.30. The number of amidine groups is 1. The van der Waals surface area contributed by atoms with Crippen LogP contribution < -0.4 is 5.73 Å². The molecule has 0 spiro atoms. The molecule has 1 fully saturated rings. The molecule has 1 aliphatic heterocycles. The minimum atomic E-state index is -0.785. The molecule has 0 saturated carbocycles. The first-order valence-corrected chi connectivity index (χ1v) is 4.93. The molecule has 1 saturated heterocycles. The van der Waals surface area contributed by atoms with Gasteiger partial charge in [-0.1, -0.05) is 35.5 Å². The second-order valence-corrected chi connectivity index (χ2v) is 3.84. The number of amides is 1. The van der Waals surface area contributed by atoms with Gasteiger partial charge >= 0.3 is 0 Å². The number of nitrogens with zero attached hydrogens (tertiary/aromatic N) is 2. The lowest BCUT2D eigenvalue weighted by Gasteiger charge is -2.49. The molecule has 0 aromatic heterocycles. The molecular formula is C11H13N3O2. The number of carbonyl (C=O) groups is 1. The van der Waals surface area contributed by atoms with Crippen LogP contribution in [-0.2, 0) is 10.3 Å². The van der Waals surface area contributed by atoms with Crippen LogP contribution in [0.25, 0.3) is 0 Å². The third-order valence-electron chi connectivity index (χ3n) is 3.14. The van der Waals surface area contributed by atoms with Gasteiger partial charge < -0.3 is 15.8 Å². The topological polar surface area (TPSA) is 78.9 Å². The van der Waals surface area contributed by atoms with Crippen LogP contribution in [0.1, 0.15) is 12.0 Å². The van der Waals surface area contributed by atoms with Gasteiger partial charge in [-0.3, -0.25) is 4.79 Å². The van der Waals surface area contributed by atoms with Crippen molar-refractivity contribution in [1.29, 1.82) is 0 Å². The number of benzene rings is 1. The zero-order chi connectivity index (χ0) is 11.8. The Morgan fingerprint density at radius 3 is 2.56 bits per heavy atom. The molecule has 84 valence electrons. The van der Waals surface area contributed by atoms with Crippen molar-refractivity contribution in [3.05, 3.63) is 35.9 Å². The van der Waals surface area contributed by atoms with Crippen LogP contribution in [0.4, 0.5) is 0 Å². The van der Waals surface area contributed by atoms with Crippen molar-refractivity contribution >= 4 is 11.7 Å². The van der Waals surface area contributed by atoms with Crippen molar-refractivity contribution in [3.8, 4) is 0 Å². The molecule has 3 N–H and O–H groups in total. The zero-order valence-electron chi connectivity index (χ0n) is 8.92. The first-order chi connectivity index (χ1) is 7.63. The van der Waals surface area contributed by atoms with E-state index in [1.165, 1.54) is 4.90 Å². The number of hydrogen-bond donors (Lipinski definition) is 2. The predicted molar refractivity (Wildman–Crippen MR) is 58.9 cm³/mol. The Balaban J connectivity index is 2.50. The van der Waals surface area contributed by atoms with Crippen molar-refractivity contribution in [2.24, 2.45) is 10.9 Å². The normalized spacial score (nSPS) is 25.4. The average molecular weight is 219 g/mol. The van der Waals surface area contributed by atoms with Gasteiger partial charge in [0.1, 0.15) is 5.54 Å². The summed E-state index contributed by atoms with van der Waals surface area (Å²) >= 11 is 0. The first kappa shape index (κ1) is 10.5. The van der Waals surface area contributed by atoms with Crippen molar-refractivity contribution in [3.63, 3.8) is 0 Å². The molecule has 0 radical (unpaired) electrons. The fraction of sp³-hybridized carbons (Fsp3) is 0.273. The lowest BCUT2D eigenvalue weighted by Crippen LogP contribution is -2.65. The second kappa shape index (κ2) is 3.52. The number of oxime groups is 1.